The Labute approximate surface area is 118 Å². The second-order valence-electron chi connectivity index (χ2n) is 4.09. The van der Waals surface area contributed by atoms with Crippen LogP contribution in [0.25, 0.3) is 11.0 Å². The highest BCUT2D eigenvalue weighted by Crippen LogP contribution is 2.25. The fourth-order valence-corrected chi connectivity index (χ4v) is 2.65. The van der Waals surface area contributed by atoms with Gasteiger partial charge < -0.3 is 14.3 Å². The van der Waals surface area contributed by atoms with E-state index in [0.717, 1.165) is 11.0 Å². The third kappa shape index (κ3) is 2.50. The maximum Gasteiger partial charge on any atom is 0.178 e. The number of nitrogens with zero attached hydrogens (tertiary/aromatic N) is 1. The number of hydrogen-bond acceptors (Lipinski definition) is 2. The monoisotopic (exact) mass is 332 g/mol. The third-order valence-electron chi connectivity index (χ3n) is 2.76. The Morgan fingerprint density at radius 2 is 2.28 bits per heavy atom. The molecule has 1 N–H and O–H groups in total. The van der Waals surface area contributed by atoms with Crippen LogP contribution >= 0.6 is 28.1 Å². The van der Waals surface area contributed by atoms with Gasteiger partial charge in [-0.05, 0) is 48.1 Å². The van der Waals surface area contributed by atoms with Crippen molar-refractivity contribution in [2.45, 2.75) is 19.9 Å². The van der Waals surface area contributed by atoms with E-state index in [1.165, 1.54) is 6.07 Å². The van der Waals surface area contributed by atoms with E-state index >= 15 is 0 Å². The number of imidazole rings is 1. The van der Waals surface area contributed by atoms with Gasteiger partial charge in [0, 0.05) is 12.7 Å². The van der Waals surface area contributed by atoms with Gasteiger partial charge in [0.15, 0.2) is 4.77 Å². The second-order valence-corrected chi connectivity index (χ2v) is 5.33. The molecule has 98 valence electrons. The second kappa shape index (κ2) is 5.50. The van der Waals surface area contributed by atoms with E-state index in [0.29, 0.717) is 22.5 Å². The van der Waals surface area contributed by atoms with E-state index in [4.69, 9.17) is 17.0 Å². The summed E-state index contributed by atoms with van der Waals surface area (Å²) < 4.78 is 21.9. The standard InChI is InChI=1S/C12H14BrFN2OS/c1-3-17-6-7(2)16-11-5-9(14)8(13)4-10(11)15-12(16)18/h4-5,7H,3,6H2,1-2H3,(H,15,18). The van der Waals surface area contributed by atoms with Gasteiger partial charge in [-0.25, -0.2) is 4.39 Å². The fraction of sp³-hybridized carbons (Fsp3) is 0.417. The zero-order valence-electron chi connectivity index (χ0n) is 10.2. The average molecular weight is 333 g/mol. The number of fused-ring (bicyclic) bond motifs is 1. The lowest BCUT2D eigenvalue weighted by molar-refractivity contribution is 0.119. The number of H-pyrrole nitrogens is 1. The molecule has 0 radical (unpaired) electrons. The molecule has 1 aromatic heterocycles. The maximum atomic E-state index is 13.6. The summed E-state index contributed by atoms with van der Waals surface area (Å²) >= 11 is 8.45. The van der Waals surface area contributed by atoms with Crippen LogP contribution < -0.4 is 0 Å². The summed E-state index contributed by atoms with van der Waals surface area (Å²) in [5.41, 5.74) is 1.57. The largest absolute Gasteiger partial charge is 0.380 e. The number of rotatable bonds is 4. The maximum absolute atomic E-state index is 13.6. The first-order valence-electron chi connectivity index (χ1n) is 5.71. The molecule has 2 aromatic rings. The van der Waals surface area contributed by atoms with Gasteiger partial charge in [-0.3, -0.25) is 0 Å². The molecule has 1 heterocycles. The lowest BCUT2D eigenvalue weighted by Crippen LogP contribution is -2.12. The minimum atomic E-state index is -0.297. The van der Waals surface area contributed by atoms with E-state index < -0.39 is 0 Å². The number of nitrogens with one attached hydrogen (secondary N) is 1. The van der Waals surface area contributed by atoms with Crippen molar-refractivity contribution in [1.82, 2.24) is 9.55 Å². The predicted octanol–water partition coefficient (Wildman–Crippen LogP) is 4.20. The number of ether oxygens (including phenoxy) is 1. The Morgan fingerprint density at radius 3 is 2.94 bits per heavy atom. The van der Waals surface area contributed by atoms with E-state index in [2.05, 4.69) is 20.9 Å². The SMILES string of the molecule is CCOCC(C)n1c(=S)[nH]c2cc(Br)c(F)cc21. The quantitative estimate of drug-likeness (QED) is 0.850. The van der Waals surface area contributed by atoms with Gasteiger partial charge in [-0.1, -0.05) is 0 Å². The lowest BCUT2D eigenvalue weighted by Gasteiger charge is -2.14. The number of aromatic amines is 1. The van der Waals surface area contributed by atoms with Crippen molar-refractivity contribution in [3.05, 3.63) is 27.2 Å². The van der Waals surface area contributed by atoms with Gasteiger partial charge >= 0.3 is 0 Å². The molecule has 0 aliphatic rings. The summed E-state index contributed by atoms with van der Waals surface area (Å²) in [7, 11) is 0. The van der Waals surface area contributed by atoms with Crippen molar-refractivity contribution in [3.63, 3.8) is 0 Å². The zero-order valence-corrected chi connectivity index (χ0v) is 12.6. The van der Waals surface area contributed by atoms with Gasteiger partial charge in [-0.2, -0.15) is 0 Å². The molecule has 0 fully saturated rings. The van der Waals surface area contributed by atoms with Crippen LogP contribution in [0, 0.1) is 10.6 Å². The van der Waals surface area contributed by atoms with Gasteiger partial charge in [0.1, 0.15) is 5.82 Å². The molecule has 0 saturated carbocycles. The fourth-order valence-electron chi connectivity index (χ4n) is 1.92. The van der Waals surface area contributed by atoms with Crippen molar-refractivity contribution in [1.29, 1.82) is 0 Å². The number of hydrogen-bond donors (Lipinski definition) is 1. The van der Waals surface area contributed by atoms with E-state index in [9.17, 15) is 4.39 Å². The summed E-state index contributed by atoms with van der Waals surface area (Å²) in [5.74, 6) is -0.297. The molecule has 1 aromatic carbocycles. The summed E-state index contributed by atoms with van der Waals surface area (Å²) in [6, 6.07) is 3.24. The zero-order chi connectivity index (χ0) is 13.3. The molecule has 0 saturated heterocycles. The number of benzene rings is 1. The van der Waals surface area contributed by atoms with Crippen molar-refractivity contribution in [3.8, 4) is 0 Å². The molecule has 2 rings (SSSR count). The Balaban J connectivity index is 2.53. The van der Waals surface area contributed by atoms with Crippen molar-refractivity contribution in [2.24, 2.45) is 0 Å². The van der Waals surface area contributed by atoms with Crippen LogP contribution in [0.15, 0.2) is 16.6 Å². The molecule has 18 heavy (non-hydrogen) atoms. The minimum Gasteiger partial charge on any atom is -0.380 e. The first-order chi connectivity index (χ1) is 8.54. The summed E-state index contributed by atoms with van der Waals surface area (Å²) in [5, 5.41) is 0. The number of aromatic nitrogens is 2. The summed E-state index contributed by atoms with van der Waals surface area (Å²) in [4.78, 5) is 3.08. The van der Waals surface area contributed by atoms with E-state index in [-0.39, 0.29) is 11.9 Å². The van der Waals surface area contributed by atoms with Gasteiger partial charge in [0.05, 0.1) is 28.2 Å². The highest BCUT2D eigenvalue weighted by molar-refractivity contribution is 9.10. The van der Waals surface area contributed by atoms with Gasteiger partial charge in [-0.15, -0.1) is 0 Å². The van der Waals surface area contributed by atoms with Crippen molar-refractivity contribution >= 4 is 39.2 Å². The van der Waals surface area contributed by atoms with Gasteiger partial charge in [0.2, 0.25) is 0 Å². The molecule has 6 heteroatoms. The molecule has 0 aliphatic carbocycles. The van der Waals surface area contributed by atoms with Crippen LogP contribution in [0.2, 0.25) is 0 Å². The van der Waals surface area contributed by atoms with Crippen LogP contribution in [-0.4, -0.2) is 22.8 Å². The Hall–Kier alpha value is -0.720. The Bertz CT molecular complexity index is 622. The normalized spacial score (nSPS) is 13.1. The van der Waals surface area contributed by atoms with Gasteiger partial charge in [0.25, 0.3) is 0 Å². The molecule has 1 unspecified atom stereocenters. The molecular formula is C12H14BrFN2OS. The van der Waals surface area contributed by atoms with E-state index in [1.54, 1.807) is 6.07 Å². The molecule has 0 aliphatic heterocycles. The average Bonchev–Trinajstić information content (AvgIpc) is 2.62. The molecule has 3 nitrogen and oxygen atoms in total. The third-order valence-corrected chi connectivity index (χ3v) is 3.67. The molecule has 1 atom stereocenters. The Morgan fingerprint density at radius 1 is 1.56 bits per heavy atom. The van der Waals surface area contributed by atoms with Crippen LogP contribution in [-0.2, 0) is 4.74 Å². The Kier molecular flexibility index (Phi) is 4.19. The van der Waals surface area contributed by atoms with Crippen LogP contribution in [0.5, 0.6) is 0 Å². The van der Waals surface area contributed by atoms with Crippen LogP contribution in [0.1, 0.15) is 19.9 Å². The highest BCUT2D eigenvalue weighted by Gasteiger charge is 2.13. The molecular weight excluding hydrogens is 319 g/mol. The summed E-state index contributed by atoms with van der Waals surface area (Å²) in [6.07, 6.45) is 0. The molecule has 0 spiro atoms. The van der Waals surface area contributed by atoms with Crippen molar-refractivity contribution in [2.75, 3.05) is 13.2 Å². The molecule has 0 amide bonds. The minimum absolute atomic E-state index is 0.0618. The lowest BCUT2D eigenvalue weighted by atomic mass is 10.3. The van der Waals surface area contributed by atoms with Crippen LogP contribution in [0.4, 0.5) is 4.39 Å². The topological polar surface area (TPSA) is 29.9 Å². The first kappa shape index (κ1) is 13.7. The first-order valence-corrected chi connectivity index (χ1v) is 6.91. The molecule has 0 bridgehead atoms. The van der Waals surface area contributed by atoms with Crippen molar-refractivity contribution < 1.29 is 9.13 Å². The smallest absolute Gasteiger partial charge is 0.178 e. The predicted molar refractivity (Wildman–Crippen MR) is 76.0 cm³/mol. The van der Waals surface area contributed by atoms with E-state index in [1.807, 2.05) is 18.4 Å². The number of halogens is 2. The van der Waals surface area contributed by atoms with Crippen LogP contribution in [0.3, 0.4) is 0 Å². The highest BCUT2D eigenvalue weighted by atomic mass is 79.9. The summed E-state index contributed by atoms with van der Waals surface area (Å²) in [6.45, 7) is 5.14.